The predicted molar refractivity (Wildman–Crippen MR) is 78.0 cm³/mol. The van der Waals surface area contributed by atoms with E-state index in [1.54, 1.807) is 18.3 Å². The topological polar surface area (TPSA) is 73.1 Å². The van der Waals surface area contributed by atoms with Gasteiger partial charge in [-0.15, -0.1) is 0 Å². The minimum atomic E-state index is -0.482. The second-order valence-corrected chi connectivity index (χ2v) is 4.85. The number of aromatic nitrogens is 1. The number of non-ortho nitro benzene ring substituents is 1. The third-order valence-electron chi connectivity index (χ3n) is 3.51. The standard InChI is InChI=1S/C16H12N2O3/c19-16-12(9-13-3-1-2-8-17-13)5-4-11-6-7-14(18(20)21)10-15(11)16/h1-3,6-10H,4-5H2/b12-9-. The summed E-state index contributed by atoms with van der Waals surface area (Å²) in [5.41, 5.74) is 2.60. The number of pyridine rings is 1. The summed E-state index contributed by atoms with van der Waals surface area (Å²) in [6, 6.07) is 9.96. The first kappa shape index (κ1) is 13.2. The van der Waals surface area contributed by atoms with Crippen LogP contribution in [0.25, 0.3) is 6.08 Å². The Morgan fingerprint density at radius 2 is 2.05 bits per heavy atom. The third kappa shape index (κ3) is 2.58. The van der Waals surface area contributed by atoms with Crippen molar-refractivity contribution in [3.63, 3.8) is 0 Å². The Bertz CT molecular complexity index is 751. The molecule has 0 unspecified atom stereocenters. The normalized spacial score (nSPS) is 15.8. The fourth-order valence-corrected chi connectivity index (χ4v) is 2.44. The zero-order chi connectivity index (χ0) is 14.8. The van der Waals surface area contributed by atoms with E-state index in [0.29, 0.717) is 24.0 Å². The lowest BCUT2D eigenvalue weighted by Gasteiger charge is -2.17. The summed E-state index contributed by atoms with van der Waals surface area (Å²) in [4.78, 5) is 27.0. The summed E-state index contributed by atoms with van der Waals surface area (Å²) in [5, 5.41) is 10.8. The average Bonchev–Trinajstić information content (AvgIpc) is 2.51. The van der Waals surface area contributed by atoms with Crippen molar-refractivity contribution in [2.24, 2.45) is 0 Å². The molecule has 21 heavy (non-hydrogen) atoms. The van der Waals surface area contributed by atoms with Crippen LogP contribution in [0.2, 0.25) is 0 Å². The van der Waals surface area contributed by atoms with E-state index in [0.717, 1.165) is 11.3 Å². The van der Waals surface area contributed by atoms with E-state index in [4.69, 9.17) is 0 Å². The third-order valence-corrected chi connectivity index (χ3v) is 3.51. The van der Waals surface area contributed by atoms with Crippen molar-refractivity contribution in [3.05, 3.63) is 75.1 Å². The number of fused-ring (bicyclic) bond motifs is 1. The van der Waals surface area contributed by atoms with E-state index >= 15 is 0 Å². The van der Waals surface area contributed by atoms with Crippen LogP contribution in [-0.4, -0.2) is 15.7 Å². The Labute approximate surface area is 121 Å². The summed E-state index contributed by atoms with van der Waals surface area (Å²) in [6.07, 6.45) is 4.75. The van der Waals surface area contributed by atoms with Crippen LogP contribution in [0.3, 0.4) is 0 Å². The second kappa shape index (κ2) is 5.28. The maximum Gasteiger partial charge on any atom is 0.270 e. The number of hydrogen-bond donors (Lipinski definition) is 0. The van der Waals surface area contributed by atoms with Crippen molar-refractivity contribution in [1.82, 2.24) is 4.98 Å². The van der Waals surface area contributed by atoms with Crippen LogP contribution in [0.15, 0.2) is 48.2 Å². The zero-order valence-electron chi connectivity index (χ0n) is 11.2. The fraction of sp³-hybridized carbons (Fsp3) is 0.125. The molecule has 0 amide bonds. The van der Waals surface area contributed by atoms with Gasteiger partial charge in [0.2, 0.25) is 0 Å². The van der Waals surface area contributed by atoms with Gasteiger partial charge in [-0.3, -0.25) is 19.9 Å². The van der Waals surface area contributed by atoms with Crippen molar-refractivity contribution in [2.75, 3.05) is 0 Å². The molecule has 2 aromatic rings. The number of rotatable bonds is 2. The number of nitro benzene ring substituents is 1. The van der Waals surface area contributed by atoms with E-state index in [2.05, 4.69) is 4.98 Å². The number of hydrogen-bond acceptors (Lipinski definition) is 4. The fourth-order valence-electron chi connectivity index (χ4n) is 2.44. The molecule has 1 heterocycles. The van der Waals surface area contributed by atoms with Crippen LogP contribution in [0, 0.1) is 10.1 Å². The van der Waals surface area contributed by atoms with Gasteiger partial charge in [0, 0.05) is 29.5 Å². The highest BCUT2D eigenvalue weighted by Crippen LogP contribution is 2.29. The summed E-state index contributed by atoms with van der Waals surface area (Å²) >= 11 is 0. The van der Waals surface area contributed by atoms with Gasteiger partial charge in [0.15, 0.2) is 5.78 Å². The molecule has 0 aliphatic heterocycles. The Kier molecular flexibility index (Phi) is 3.31. The first-order valence-electron chi connectivity index (χ1n) is 6.59. The Hall–Kier alpha value is -2.82. The predicted octanol–water partition coefficient (Wildman–Crippen LogP) is 3.20. The van der Waals surface area contributed by atoms with Gasteiger partial charge in [-0.2, -0.15) is 0 Å². The van der Waals surface area contributed by atoms with Gasteiger partial charge in [-0.05, 0) is 36.6 Å². The lowest BCUT2D eigenvalue weighted by atomic mass is 9.86. The van der Waals surface area contributed by atoms with E-state index in [9.17, 15) is 14.9 Å². The van der Waals surface area contributed by atoms with Crippen LogP contribution >= 0.6 is 0 Å². The summed E-state index contributed by atoms with van der Waals surface area (Å²) < 4.78 is 0. The van der Waals surface area contributed by atoms with Crippen molar-refractivity contribution in [1.29, 1.82) is 0 Å². The number of aryl methyl sites for hydroxylation is 1. The van der Waals surface area contributed by atoms with Crippen LogP contribution in [0.4, 0.5) is 5.69 Å². The molecule has 0 atom stereocenters. The Morgan fingerprint density at radius 1 is 1.19 bits per heavy atom. The maximum atomic E-state index is 12.5. The Balaban J connectivity index is 2.00. The van der Waals surface area contributed by atoms with E-state index in [-0.39, 0.29) is 11.5 Å². The average molecular weight is 280 g/mol. The summed E-state index contributed by atoms with van der Waals surface area (Å²) in [7, 11) is 0. The molecule has 0 fully saturated rings. The number of Topliss-reactive ketones (excluding diaryl/α,β-unsaturated/α-hetero) is 1. The molecule has 3 rings (SSSR count). The molecular weight excluding hydrogens is 268 g/mol. The number of nitrogens with zero attached hydrogens (tertiary/aromatic N) is 2. The molecule has 5 nitrogen and oxygen atoms in total. The van der Waals surface area contributed by atoms with Crippen molar-refractivity contribution in [2.45, 2.75) is 12.8 Å². The van der Waals surface area contributed by atoms with Gasteiger partial charge in [-0.25, -0.2) is 0 Å². The van der Waals surface area contributed by atoms with Gasteiger partial charge in [0.25, 0.3) is 5.69 Å². The van der Waals surface area contributed by atoms with Crippen molar-refractivity contribution < 1.29 is 9.72 Å². The van der Waals surface area contributed by atoms with Gasteiger partial charge >= 0.3 is 0 Å². The number of carbonyl (C=O) groups excluding carboxylic acids is 1. The molecule has 0 bridgehead atoms. The van der Waals surface area contributed by atoms with Gasteiger partial charge in [0.1, 0.15) is 0 Å². The molecule has 0 radical (unpaired) electrons. The van der Waals surface area contributed by atoms with E-state index in [1.165, 1.54) is 12.1 Å². The highest BCUT2D eigenvalue weighted by molar-refractivity contribution is 6.13. The van der Waals surface area contributed by atoms with Crippen LogP contribution in [0.5, 0.6) is 0 Å². The van der Waals surface area contributed by atoms with Gasteiger partial charge in [-0.1, -0.05) is 12.1 Å². The largest absolute Gasteiger partial charge is 0.289 e. The van der Waals surface area contributed by atoms with E-state index in [1.807, 2.05) is 18.2 Å². The van der Waals surface area contributed by atoms with Crippen molar-refractivity contribution >= 4 is 17.5 Å². The lowest BCUT2D eigenvalue weighted by molar-refractivity contribution is -0.384. The highest BCUT2D eigenvalue weighted by Gasteiger charge is 2.24. The first-order chi connectivity index (χ1) is 10.1. The number of nitro groups is 1. The van der Waals surface area contributed by atoms with Crippen molar-refractivity contribution in [3.8, 4) is 0 Å². The number of carbonyl (C=O) groups is 1. The quantitative estimate of drug-likeness (QED) is 0.481. The van der Waals surface area contributed by atoms with Crippen LogP contribution in [-0.2, 0) is 6.42 Å². The monoisotopic (exact) mass is 280 g/mol. The highest BCUT2D eigenvalue weighted by atomic mass is 16.6. The van der Waals surface area contributed by atoms with E-state index < -0.39 is 4.92 Å². The maximum absolute atomic E-state index is 12.5. The molecule has 1 aromatic carbocycles. The summed E-state index contributed by atoms with van der Waals surface area (Å²) in [5.74, 6) is -0.148. The van der Waals surface area contributed by atoms with Gasteiger partial charge in [0.05, 0.1) is 10.6 Å². The second-order valence-electron chi connectivity index (χ2n) is 4.85. The molecule has 1 aromatic heterocycles. The molecule has 0 spiro atoms. The Morgan fingerprint density at radius 3 is 2.76 bits per heavy atom. The molecule has 1 aliphatic rings. The first-order valence-corrected chi connectivity index (χ1v) is 6.59. The minimum Gasteiger partial charge on any atom is -0.289 e. The number of ketones is 1. The van der Waals surface area contributed by atoms with Gasteiger partial charge < -0.3 is 0 Å². The summed E-state index contributed by atoms with van der Waals surface area (Å²) in [6.45, 7) is 0. The zero-order valence-corrected chi connectivity index (χ0v) is 11.2. The molecular formula is C16H12N2O3. The molecule has 0 N–H and O–H groups in total. The molecule has 1 aliphatic carbocycles. The number of benzene rings is 1. The van der Waals surface area contributed by atoms with Crippen LogP contribution in [0.1, 0.15) is 28.0 Å². The molecule has 0 saturated carbocycles. The number of allylic oxidation sites excluding steroid dienone is 1. The molecule has 104 valence electrons. The lowest BCUT2D eigenvalue weighted by Crippen LogP contribution is -2.14. The minimum absolute atomic E-state index is 0.0545. The van der Waals surface area contributed by atoms with Crippen LogP contribution < -0.4 is 0 Å². The smallest absolute Gasteiger partial charge is 0.270 e. The SMILES string of the molecule is O=C1/C(=C\c2ccccn2)CCc2ccc([N+](=O)[O-])cc21. The molecule has 0 saturated heterocycles. The molecule has 5 heteroatoms.